The smallest absolute Gasteiger partial charge is 0.0773 e. The van der Waals surface area contributed by atoms with E-state index in [9.17, 15) is 0 Å². The van der Waals surface area contributed by atoms with Gasteiger partial charge in [-0.3, -0.25) is 11.3 Å². The molecule has 0 aromatic carbocycles. The third-order valence-corrected chi connectivity index (χ3v) is 3.39. The van der Waals surface area contributed by atoms with Gasteiger partial charge in [0.15, 0.2) is 0 Å². The van der Waals surface area contributed by atoms with Crippen LogP contribution in [0.5, 0.6) is 0 Å². The molecule has 5 nitrogen and oxygen atoms in total. The average Bonchev–Trinajstić information content (AvgIpc) is 2.97. The lowest BCUT2D eigenvalue weighted by molar-refractivity contribution is 0.474. The van der Waals surface area contributed by atoms with Gasteiger partial charge in [0.1, 0.15) is 0 Å². The summed E-state index contributed by atoms with van der Waals surface area (Å²) >= 11 is 1.70. The minimum atomic E-state index is 0.0612. The molecule has 3 N–H and O–H groups in total. The molecule has 0 saturated carbocycles. The van der Waals surface area contributed by atoms with E-state index in [4.69, 9.17) is 5.84 Å². The molecule has 0 aliphatic rings. The van der Waals surface area contributed by atoms with Gasteiger partial charge in [0.25, 0.3) is 0 Å². The van der Waals surface area contributed by atoms with Gasteiger partial charge in [-0.1, -0.05) is 12.1 Å². The van der Waals surface area contributed by atoms with Crippen LogP contribution in [-0.4, -0.2) is 15.0 Å². The maximum absolute atomic E-state index is 5.63. The summed E-state index contributed by atoms with van der Waals surface area (Å²) < 4.78 is 1.91. The summed E-state index contributed by atoms with van der Waals surface area (Å²) in [6, 6.07) is 2.18. The van der Waals surface area contributed by atoms with Crippen LogP contribution in [-0.2, 0) is 13.0 Å². The van der Waals surface area contributed by atoms with Gasteiger partial charge >= 0.3 is 0 Å². The normalized spacial score (nSPS) is 12.8. The van der Waals surface area contributed by atoms with Crippen molar-refractivity contribution in [2.45, 2.75) is 32.4 Å². The van der Waals surface area contributed by atoms with E-state index in [2.05, 4.69) is 39.5 Å². The molecule has 0 fully saturated rings. The summed E-state index contributed by atoms with van der Waals surface area (Å²) in [5, 5.41) is 12.2. The molecule has 2 heterocycles. The van der Waals surface area contributed by atoms with Crippen molar-refractivity contribution in [3.05, 3.63) is 34.3 Å². The highest BCUT2D eigenvalue weighted by Crippen LogP contribution is 2.18. The Labute approximate surface area is 105 Å². The van der Waals surface area contributed by atoms with Gasteiger partial charge in [-0.25, -0.2) is 4.68 Å². The molecule has 1 atom stereocenters. The van der Waals surface area contributed by atoms with Crippen LogP contribution >= 0.6 is 11.3 Å². The quantitative estimate of drug-likeness (QED) is 0.603. The number of rotatable bonds is 6. The molecule has 0 radical (unpaired) electrons. The molecule has 1 unspecified atom stereocenters. The van der Waals surface area contributed by atoms with Crippen molar-refractivity contribution in [2.75, 3.05) is 0 Å². The van der Waals surface area contributed by atoms with E-state index in [1.54, 1.807) is 17.5 Å². The highest BCUT2D eigenvalue weighted by atomic mass is 32.1. The van der Waals surface area contributed by atoms with Crippen LogP contribution < -0.4 is 11.3 Å². The van der Waals surface area contributed by atoms with E-state index >= 15 is 0 Å². The van der Waals surface area contributed by atoms with Crippen molar-refractivity contribution >= 4 is 11.3 Å². The number of nitrogens with two attached hydrogens (primary N) is 1. The van der Waals surface area contributed by atoms with Crippen LogP contribution in [0.3, 0.4) is 0 Å². The molecule has 2 rings (SSSR count). The minimum Gasteiger partial charge on any atom is -0.271 e. The molecule has 92 valence electrons. The van der Waals surface area contributed by atoms with E-state index in [1.807, 2.05) is 4.68 Å². The Balaban J connectivity index is 2.14. The molecule has 6 heteroatoms. The minimum absolute atomic E-state index is 0.0612. The molecule has 2 aromatic rings. The van der Waals surface area contributed by atoms with Crippen LogP contribution in [0.4, 0.5) is 0 Å². The molecule has 0 bridgehead atoms. The number of thiophene rings is 1. The largest absolute Gasteiger partial charge is 0.271 e. The van der Waals surface area contributed by atoms with Crippen LogP contribution in [0.2, 0.25) is 0 Å². The first kappa shape index (κ1) is 12.2. The van der Waals surface area contributed by atoms with E-state index < -0.39 is 0 Å². The van der Waals surface area contributed by atoms with Crippen molar-refractivity contribution in [3.63, 3.8) is 0 Å². The van der Waals surface area contributed by atoms with Gasteiger partial charge in [0.05, 0.1) is 17.9 Å². The van der Waals surface area contributed by atoms with Gasteiger partial charge in [-0.2, -0.15) is 11.3 Å². The zero-order valence-corrected chi connectivity index (χ0v) is 10.7. The number of aryl methyl sites for hydroxylation is 1. The number of hydrogen-bond donors (Lipinski definition) is 2. The Morgan fingerprint density at radius 1 is 1.59 bits per heavy atom. The molecule has 0 aliphatic carbocycles. The summed E-state index contributed by atoms with van der Waals surface area (Å²) in [4.78, 5) is 0. The number of nitrogens with zero attached hydrogens (tertiary/aromatic N) is 3. The first-order valence-electron chi connectivity index (χ1n) is 5.70. The van der Waals surface area contributed by atoms with Gasteiger partial charge in [0, 0.05) is 6.54 Å². The standard InChI is InChI=1S/C11H17N5S/c1-2-4-16-11(7-13-15-16)10(14-12)6-9-3-5-17-8-9/h3,5,7-8,10,14H,2,4,6,12H2,1H3. The Morgan fingerprint density at radius 2 is 2.47 bits per heavy atom. The summed E-state index contributed by atoms with van der Waals surface area (Å²) in [6.07, 6.45) is 3.68. The van der Waals surface area contributed by atoms with E-state index in [1.165, 1.54) is 5.56 Å². The highest BCUT2D eigenvalue weighted by molar-refractivity contribution is 7.07. The van der Waals surface area contributed by atoms with Gasteiger partial charge in [-0.15, -0.1) is 5.10 Å². The van der Waals surface area contributed by atoms with Crippen molar-refractivity contribution in [1.82, 2.24) is 20.4 Å². The lowest BCUT2D eigenvalue weighted by Crippen LogP contribution is -2.31. The molecule has 0 amide bonds. The van der Waals surface area contributed by atoms with Crippen LogP contribution in [0.25, 0.3) is 0 Å². The van der Waals surface area contributed by atoms with Crippen molar-refractivity contribution < 1.29 is 0 Å². The lowest BCUT2D eigenvalue weighted by atomic mass is 10.1. The monoisotopic (exact) mass is 251 g/mol. The fourth-order valence-corrected chi connectivity index (χ4v) is 2.50. The van der Waals surface area contributed by atoms with Gasteiger partial charge in [-0.05, 0) is 35.2 Å². The fraction of sp³-hybridized carbons (Fsp3) is 0.455. The van der Waals surface area contributed by atoms with E-state index in [-0.39, 0.29) is 6.04 Å². The highest BCUT2D eigenvalue weighted by Gasteiger charge is 2.16. The molecular formula is C11H17N5S. The summed E-state index contributed by atoms with van der Waals surface area (Å²) in [5.41, 5.74) is 5.17. The fourth-order valence-electron chi connectivity index (χ4n) is 1.81. The SMILES string of the molecule is CCCn1nncc1C(Cc1ccsc1)NN. The van der Waals surface area contributed by atoms with Gasteiger partial charge in [0.2, 0.25) is 0 Å². The van der Waals surface area contributed by atoms with Gasteiger partial charge < -0.3 is 0 Å². The Bertz CT molecular complexity index is 436. The summed E-state index contributed by atoms with van der Waals surface area (Å²) in [5.74, 6) is 5.63. The second kappa shape index (κ2) is 5.90. The third-order valence-electron chi connectivity index (χ3n) is 2.66. The Kier molecular flexibility index (Phi) is 4.24. The second-order valence-corrected chi connectivity index (χ2v) is 4.72. The van der Waals surface area contributed by atoms with Crippen molar-refractivity contribution in [3.8, 4) is 0 Å². The van der Waals surface area contributed by atoms with E-state index in [0.29, 0.717) is 0 Å². The molecule has 0 spiro atoms. The number of hydrazine groups is 1. The number of aromatic nitrogens is 3. The third kappa shape index (κ3) is 2.91. The predicted molar refractivity (Wildman–Crippen MR) is 68.4 cm³/mol. The Morgan fingerprint density at radius 3 is 3.12 bits per heavy atom. The topological polar surface area (TPSA) is 68.8 Å². The van der Waals surface area contributed by atoms with Crippen LogP contribution in [0, 0.1) is 0 Å². The van der Waals surface area contributed by atoms with Crippen molar-refractivity contribution in [1.29, 1.82) is 0 Å². The number of nitrogens with one attached hydrogen (secondary N) is 1. The van der Waals surface area contributed by atoms with Crippen LogP contribution in [0.1, 0.15) is 30.6 Å². The molecule has 0 saturated heterocycles. The molecule has 2 aromatic heterocycles. The predicted octanol–water partition coefficient (Wildman–Crippen LogP) is 1.50. The Hall–Kier alpha value is -1.24. The maximum Gasteiger partial charge on any atom is 0.0773 e. The van der Waals surface area contributed by atoms with E-state index in [0.717, 1.165) is 25.1 Å². The molecule has 0 aliphatic heterocycles. The summed E-state index contributed by atoms with van der Waals surface area (Å²) in [7, 11) is 0. The van der Waals surface area contributed by atoms with Crippen molar-refractivity contribution in [2.24, 2.45) is 5.84 Å². The van der Waals surface area contributed by atoms with Crippen LogP contribution in [0.15, 0.2) is 23.0 Å². The molecule has 17 heavy (non-hydrogen) atoms. The second-order valence-electron chi connectivity index (χ2n) is 3.94. The summed E-state index contributed by atoms with van der Waals surface area (Å²) in [6.45, 7) is 2.99. The zero-order valence-electron chi connectivity index (χ0n) is 9.84. The first-order chi connectivity index (χ1) is 8.35. The first-order valence-corrected chi connectivity index (χ1v) is 6.65. The molecular weight excluding hydrogens is 234 g/mol. The zero-order chi connectivity index (χ0) is 12.1. The maximum atomic E-state index is 5.63. The number of hydrogen-bond acceptors (Lipinski definition) is 5. The lowest BCUT2D eigenvalue weighted by Gasteiger charge is -2.16. The average molecular weight is 251 g/mol.